The predicted molar refractivity (Wildman–Crippen MR) is 94.6 cm³/mol. The molecule has 1 amide bonds. The number of carbonyl (C=O) groups excluding carboxylic acids is 1. The SMILES string of the molecule is COc1cc(/C=C2\SC(N3CCCCC3)=NC2=O)cc(OC)c1O. The number of aromatic hydroxyl groups is 1. The molecule has 0 radical (unpaired) electrons. The maximum atomic E-state index is 12.2. The summed E-state index contributed by atoms with van der Waals surface area (Å²) in [6.07, 6.45) is 5.26. The van der Waals surface area contributed by atoms with Crippen LogP contribution in [0.5, 0.6) is 17.2 Å². The summed E-state index contributed by atoms with van der Waals surface area (Å²) in [4.78, 5) is 19.1. The van der Waals surface area contributed by atoms with Gasteiger partial charge in [-0.3, -0.25) is 4.79 Å². The lowest BCUT2D eigenvalue weighted by atomic mass is 10.1. The van der Waals surface area contributed by atoms with Gasteiger partial charge in [0.2, 0.25) is 5.75 Å². The van der Waals surface area contributed by atoms with Gasteiger partial charge in [-0.2, -0.15) is 4.99 Å². The zero-order chi connectivity index (χ0) is 17.1. The fourth-order valence-electron chi connectivity index (χ4n) is 2.77. The van der Waals surface area contributed by atoms with Crippen LogP contribution >= 0.6 is 11.8 Å². The van der Waals surface area contributed by atoms with Crippen LogP contribution in [0, 0.1) is 0 Å². The first-order valence-corrected chi connectivity index (χ1v) is 8.66. The number of aliphatic imine (C=N–C) groups is 1. The molecule has 0 aromatic heterocycles. The van der Waals surface area contributed by atoms with Crippen LogP contribution in [0.15, 0.2) is 22.0 Å². The second kappa shape index (κ2) is 7.17. The second-order valence-corrected chi connectivity index (χ2v) is 6.64. The summed E-state index contributed by atoms with van der Waals surface area (Å²) < 4.78 is 10.3. The monoisotopic (exact) mass is 348 g/mol. The number of amidine groups is 1. The Morgan fingerprint density at radius 1 is 1.17 bits per heavy atom. The molecule has 1 aromatic carbocycles. The van der Waals surface area contributed by atoms with Crippen molar-refractivity contribution in [3.05, 3.63) is 22.6 Å². The van der Waals surface area contributed by atoms with Gasteiger partial charge in [-0.1, -0.05) is 0 Å². The number of methoxy groups -OCH3 is 2. The zero-order valence-electron chi connectivity index (χ0n) is 13.7. The Labute approximate surface area is 145 Å². The minimum atomic E-state index is -0.230. The van der Waals surface area contributed by atoms with Crippen molar-refractivity contribution in [1.29, 1.82) is 0 Å². The van der Waals surface area contributed by atoms with Gasteiger partial charge in [0, 0.05) is 13.1 Å². The zero-order valence-corrected chi connectivity index (χ0v) is 14.6. The molecule has 6 nitrogen and oxygen atoms in total. The number of carbonyl (C=O) groups is 1. The minimum Gasteiger partial charge on any atom is -0.502 e. The molecule has 24 heavy (non-hydrogen) atoms. The van der Waals surface area contributed by atoms with Crippen LogP contribution in [-0.4, -0.2) is 48.4 Å². The van der Waals surface area contributed by atoms with E-state index in [-0.39, 0.29) is 11.7 Å². The maximum absolute atomic E-state index is 12.2. The van der Waals surface area contributed by atoms with Gasteiger partial charge in [0.1, 0.15) is 0 Å². The molecule has 0 aliphatic carbocycles. The first kappa shape index (κ1) is 16.7. The van der Waals surface area contributed by atoms with E-state index in [0.29, 0.717) is 22.0 Å². The van der Waals surface area contributed by atoms with Gasteiger partial charge >= 0.3 is 0 Å². The van der Waals surface area contributed by atoms with Crippen molar-refractivity contribution >= 4 is 28.9 Å². The van der Waals surface area contributed by atoms with E-state index < -0.39 is 0 Å². The lowest BCUT2D eigenvalue weighted by Crippen LogP contribution is -2.33. The third-order valence-electron chi connectivity index (χ3n) is 4.04. The number of ether oxygens (including phenoxy) is 2. The number of amides is 1. The van der Waals surface area contributed by atoms with Crippen molar-refractivity contribution in [2.24, 2.45) is 4.99 Å². The molecule has 0 bridgehead atoms. The van der Waals surface area contributed by atoms with Gasteiger partial charge in [0.25, 0.3) is 5.91 Å². The molecule has 7 heteroatoms. The third kappa shape index (κ3) is 3.36. The van der Waals surface area contributed by atoms with Crippen molar-refractivity contribution < 1.29 is 19.4 Å². The Morgan fingerprint density at radius 3 is 2.38 bits per heavy atom. The molecule has 0 atom stereocenters. The first-order chi connectivity index (χ1) is 11.6. The molecule has 2 heterocycles. The highest BCUT2D eigenvalue weighted by atomic mass is 32.2. The van der Waals surface area contributed by atoms with Gasteiger partial charge in [-0.15, -0.1) is 0 Å². The molecular formula is C17H20N2O4S. The number of hydrogen-bond donors (Lipinski definition) is 1. The van der Waals surface area contributed by atoms with Crippen molar-refractivity contribution in [2.75, 3.05) is 27.3 Å². The largest absolute Gasteiger partial charge is 0.502 e. The molecule has 2 aliphatic heterocycles. The van der Waals surface area contributed by atoms with E-state index in [4.69, 9.17) is 9.47 Å². The van der Waals surface area contributed by atoms with E-state index in [2.05, 4.69) is 9.89 Å². The second-order valence-electron chi connectivity index (χ2n) is 5.63. The first-order valence-electron chi connectivity index (χ1n) is 7.85. The molecule has 3 rings (SSSR count). The Hall–Kier alpha value is -2.15. The number of benzene rings is 1. The fraction of sp³-hybridized carbons (Fsp3) is 0.412. The van der Waals surface area contributed by atoms with Crippen molar-refractivity contribution in [2.45, 2.75) is 19.3 Å². The number of hydrogen-bond acceptors (Lipinski definition) is 6. The topological polar surface area (TPSA) is 71.4 Å². The van der Waals surface area contributed by atoms with Gasteiger partial charge < -0.3 is 19.5 Å². The van der Waals surface area contributed by atoms with Crippen LogP contribution in [0.2, 0.25) is 0 Å². The van der Waals surface area contributed by atoms with Gasteiger partial charge in [-0.05, 0) is 54.8 Å². The Balaban J connectivity index is 1.83. The summed E-state index contributed by atoms with van der Waals surface area (Å²) in [5, 5.41) is 10.7. The molecular weight excluding hydrogens is 328 g/mol. The van der Waals surface area contributed by atoms with E-state index >= 15 is 0 Å². The van der Waals surface area contributed by atoms with Gasteiger partial charge in [0.15, 0.2) is 16.7 Å². The summed E-state index contributed by atoms with van der Waals surface area (Å²) in [5.41, 5.74) is 0.715. The van der Waals surface area contributed by atoms with Crippen LogP contribution in [0.25, 0.3) is 6.08 Å². The highest BCUT2D eigenvalue weighted by molar-refractivity contribution is 8.18. The highest BCUT2D eigenvalue weighted by Crippen LogP contribution is 2.39. The Kier molecular flexibility index (Phi) is 4.99. The van der Waals surface area contributed by atoms with E-state index in [0.717, 1.165) is 31.1 Å². The molecule has 0 unspecified atom stereocenters. The molecule has 1 fully saturated rings. The lowest BCUT2D eigenvalue weighted by molar-refractivity contribution is -0.113. The van der Waals surface area contributed by atoms with Gasteiger partial charge in [-0.25, -0.2) is 0 Å². The fourth-order valence-corrected chi connectivity index (χ4v) is 3.73. The standard InChI is InChI=1S/C17H20N2O4S/c1-22-12-8-11(9-13(23-2)15(12)20)10-14-16(21)18-17(24-14)19-6-4-3-5-7-19/h8-10,20H,3-7H2,1-2H3/b14-10-. The number of phenols is 1. The Bertz CT molecular complexity index is 684. The summed E-state index contributed by atoms with van der Waals surface area (Å²) in [7, 11) is 2.94. The van der Waals surface area contributed by atoms with Crippen LogP contribution in [0.3, 0.4) is 0 Å². The average Bonchev–Trinajstić information content (AvgIpc) is 2.97. The summed E-state index contributed by atoms with van der Waals surface area (Å²) >= 11 is 1.39. The summed E-state index contributed by atoms with van der Waals surface area (Å²) in [5.74, 6) is 0.312. The molecule has 0 spiro atoms. The molecule has 128 valence electrons. The smallest absolute Gasteiger partial charge is 0.286 e. The van der Waals surface area contributed by atoms with Crippen LogP contribution in [0.4, 0.5) is 0 Å². The Morgan fingerprint density at radius 2 is 1.79 bits per heavy atom. The molecule has 1 saturated heterocycles. The van der Waals surface area contributed by atoms with Crippen molar-refractivity contribution in [3.8, 4) is 17.2 Å². The molecule has 1 aromatic rings. The predicted octanol–water partition coefficient (Wildman–Crippen LogP) is 2.87. The number of likely N-dealkylation sites (tertiary alicyclic amines) is 1. The number of phenolic OH excluding ortho intramolecular Hbond substituents is 1. The molecule has 1 N–H and O–H groups in total. The van der Waals surface area contributed by atoms with Crippen LogP contribution < -0.4 is 9.47 Å². The summed E-state index contributed by atoms with van der Waals surface area (Å²) in [6, 6.07) is 3.33. The molecule has 2 aliphatic rings. The van der Waals surface area contributed by atoms with E-state index in [1.165, 1.54) is 32.4 Å². The van der Waals surface area contributed by atoms with Crippen molar-refractivity contribution in [1.82, 2.24) is 4.90 Å². The van der Waals surface area contributed by atoms with Crippen molar-refractivity contribution in [3.63, 3.8) is 0 Å². The highest BCUT2D eigenvalue weighted by Gasteiger charge is 2.27. The number of rotatable bonds is 3. The minimum absolute atomic E-state index is 0.0576. The number of nitrogens with zero attached hydrogens (tertiary/aromatic N) is 2. The quantitative estimate of drug-likeness (QED) is 0.847. The molecule has 0 saturated carbocycles. The van der Waals surface area contributed by atoms with Crippen LogP contribution in [-0.2, 0) is 4.79 Å². The third-order valence-corrected chi connectivity index (χ3v) is 5.08. The lowest BCUT2D eigenvalue weighted by Gasteiger charge is -2.27. The van der Waals surface area contributed by atoms with Gasteiger partial charge in [0.05, 0.1) is 19.1 Å². The van der Waals surface area contributed by atoms with E-state index in [1.807, 2.05) is 0 Å². The van der Waals surface area contributed by atoms with E-state index in [1.54, 1.807) is 18.2 Å². The number of piperidine rings is 1. The van der Waals surface area contributed by atoms with Crippen LogP contribution in [0.1, 0.15) is 24.8 Å². The van der Waals surface area contributed by atoms with E-state index in [9.17, 15) is 9.90 Å². The summed E-state index contributed by atoms with van der Waals surface area (Å²) in [6.45, 7) is 1.90. The normalized spacial score (nSPS) is 19.6. The number of thioether (sulfide) groups is 1. The maximum Gasteiger partial charge on any atom is 0.286 e. The average molecular weight is 348 g/mol.